The van der Waals surface area contributed by atoms with Gasteiger partial charge in [-0.1, -0.05) is 17.7 Å². The van der Waals surface area contributed by atoms with Crippen molar-refractivity contribution in [2.45, 2.75) is 19.8 Å². The quantitative estimate of drug-likeness (QED) is 0.572. The molecule has 0 aromatic carbocycles. The highest BCUT2D eigenvalue weighted by molar-refractivity contribution is 6.29. The Bertz CT molecular complexity index is 310. The van der Waals surface area contributed by atoms with E-state index in [0.717, 1.165) is 5.56 Å². The maximum absolute atomic E-state index is 11.3. The fourth-order valence-corrected chi connectivity index (χ4v) is 1.16. The number of pyridine rings is 1. The van der Waals surface area contributed by atoms with E-state index in [1.807, 2.05) is 0 Å². The first-order chi connectivity index (χ1) is 6.65. The second-order valence-electron chi connectivity index (χ2n) is 2.89. The van der Waals surface area contributed by atoms with Crippen LogP contribution in [-0.4, -0.2) is 17.6 Å². The molecule has 1 heterocycles. The zero-order valence-electron chi connectivity index (χ0n) is 8.16. The summed E-state index contributed by atoms with van der Waals surface area (Å²) in [6.45, 7) is 3.96. The van der Waals surface area contributed by atoms with Gasteiger partial charge in [-0.25, -0.2) is 4.98 Å². The van der Waals surface area contributed by atoms with E-state index in [1.165, 1.54) is 0 Å². The highest BCUT2D eigenvalue weighted by atomic mass is 35.5. The predicted molar refractivity (Wildman–Crippen MR) is 54.3 cm³/mol. The average molecular weight is 214 g/mol. The zero-order valence-corrected chi connectivity index (χ0v) is 8.91. The van der Waals surface area contributed by atoms with Crippen molar-refractivity contribution in [3.8, 4) is 0 Å². The lowest BCUT2D eigenvalue weighted by Gasteiger charge is -2.09. The van der Waals surface area contributed by atoms with Crippen molar-refractivity contribution in [1.82, 2.24) is 4.98 Å². The van der Waals surface area contributed by atoms with Crippen molar-refractivity contribution >= 4 is 17.6 Å². The number of carbonyl (C=O) groups is 1. The van der Waals surface area contributed by atoms with E-state index in [1.54, 1.807) is 32.2 Å². The number of halogens is 1. The van der Waals surface area contributed by atoms with Crippen LogP contribution in [0.4, 0.5) is 0 Å². The van der Waals surface area contributed by atoms with E-state index >= 15 is 0 Å². The van der Waals surface area contributed by atoms with Crippen LogP contribution in [-0.2, 0) is 9.53 Å². The first kappa shape index (κ1) is 11.0. The number of esters is 1. The minimum absolute atomic E-state index is 0.239. The predicted octanol–water partition coefficient (Wildman–Crippen LogP) is 2.40. The van der Waals surface area contributed by atoms with Crippen LogP contribution in [0.1, 0.15) is 25.3 Å². The SMILES string of the molecule is CCOC(=O)C(C)c1ccc(Cl)nc1. The minimum atomic E-state index is -0.292. The normalized spacial score (nSPS) is 12.2. The van der Waals surface area contributed by atoms with Crippen LogP contribution >= 0.6 is 11.6 Å². The molecular formula is C10H12ClNO2. The van der Waals surface area contributed by atoms with Gasteiger partial charge in [-0.3, -0.25) is 4.79 Å². The molecule has 3 nitrogen and oxygen atoms in total. The summed E-state index contributed by atoms with van der Waals surface area (Å²) in [6.07, 6.45) is 1.59. The second-order valence-corrected chi connectivity index (χ2v) is 3.28. The Kier molecular flexibility index (Phi) is 3.89. The largest absolute Gasteiger partial charge is 0.466 e. The molecular weight excluding hydrogens is 202 g/mol. The van der Waals surface area contributed by atoms with Gasteiger partial charge in [0.2, 0.25) is 0 Å². The first-order valence-corrected chi connectivity index (χ1v) is 4.81. The average Bonchev–Trinajstić information content (AvgIpc) is 2.18. The molecule has 1 unspecified atom stereocenters. The maximum Gasteiger partial charge on any atom is 0.313 e. The Hall–Kier alpha value is -1.09. The standard InChI is InChI=1S/C10H12ClNO2/c1-3-14-10(13)7(2)8-4-5-9(11)12-6-8/h4-7H,3H2,1-2H3. The van der Waals surface area contributed by atoms with Crippen molar-refractivity contribution in [3.05, 3.63) is 29.0 Å². The van der Waals surface area contributed by atoms with Gasteiger partial charge in [-0.2, -0.15) is 0 Å². The Balaban J connectivity index is 2.73. The molecule has 0 saturated carbocycles. The molecule has 0 N–H and O–H groups in total. The molecule has 0 radical (unpaired) electrons. The summed E-state index contributed by atoms with van der Waals surface area (Å²) in [6, 6.07) is 3.43. The van der Waals surface area contributed by atoms with Gasteiger partial charge < -0.3 is 4.74 Å². The third kappa shape index (κ3) is 2.70. The molecule has 0 spiro atoms. The fraction of sp³-hybridized carbons (Fsp3) is 0.400. The molecule has 1 aromatic rings. The van der Waals surface area contributed by atoms with Crippen molar-refractivity contribution in [2.24, 2.45) is 0 Å². The number of hydrogen-bond donors (Lipinski definition) is 0. The van der Waals surface area contributed by atoms with Gasteiger partial charge in [0.25, 0.3) is 0 Å². The molecule has 4 heteroatoms. The molecule has 0 bridgehead atoms. The summed E-state index contributed by atoms with van der Waals surface area (Å²) in [4.78, 5) is 15.2. The topological polar surface area (TPSA) is 39.2 Å². The van der Waals surface area contributed by atoms with Crippen LogP contribution in [0.25, 0.3) is 0 Å². The molecule has 1 rings (SSSR count). The third-order valence-electron chi connectivity index (χ3n) is 1.89. The smallest absolute Gasteiger partial charge is 0.313 e. The van der Waals surface area contributed by atoms with Gasteiger partial charge >= 0.3 is 5.97 Å². The van der Waals surface area contributed by atoms with E-state index in [0.29, 0.717) is 11.8 Å². The molecule has 0 aliphatic heterocycles. The van der Waals surface area contributed by atoms with E-state index in [4.69, 9.17) is 16.3 Å². The summed E-state index contributed by atoms with van der Waals surface area (Å²) in [5, 5.41) is 0.421. The summed E-state index contributed by atoms with van der Waals surface area (Å²) >= 11 is 5.63. The molecule has 14 heavy (non-hydrogen) atoms. The van der Waals surface area contributed by atoms with Crippen LogP contribution in [0.15, 0.2) is 18.3 Å². The summed E-state index contributed by atoms with van der Waals surface area (Å²) in [7, 11) is 0. The highest BCUT2D eigenvalue weighted by Crippen LogP contribution is 2.17. The molecule has 1 atom stereocenters. The Labute approximate surface area is 88.1 Å². The van der Waals surface area contributed by atoms with Crippen molar-refractivity contribution < 1.29 is 9.53 Å². The monoisotopic (exact) mass is 213 g/mol. The van der Waals surface area contributed by atoms with Crippen LogP contribution in [0.2, 0.25) is 5.15 Å². The number of aromatic nitrogens is 1. The van der Waals surface area contributed by atoms with Gasteiger partial charge in [0.1, 0.15) is 5.15 Å². The highest BCUT2D eigenvalue weighted by Gasteiger charge is 2.16. The fourth-order valence-electron chi connectivity index (χ4n) is 1.05. The number of carbonyl (C=O) groups excluding carboxylic acids is 1. The molecule has 1 aromatic heterocycles. The number of nitrogens with zero attached hydrogens (tertiary/aromatic N) is 1. The summed E-state index contributed by atoms with van der Waals surface area (Å²) in [5.41, 5.74) is 0.813. The second kappa shape index (κ2) is 4.96. The van der Waals surface area contributed by atoms with Gasteiger partial charge in [-0.05, 0) is 25.5 Å². The van der Waals surface area contributed by atoms with Crippen molar-refractivity contribution in [3.63, 3.8) is 0 Å². The lowest BCUT2D eigenvalue weighted by atomic mass is 10.0. The number of hydrogen-bond acceptors (Lipinski definition) is 3. The Morgan fingerprint density at radius 2 is 2.36 bits per heavy atom. The number of ether oxygens (including phenoxy) is 1. The van der Waals surface area contributed by atoms with Crippen LogP contribution in [0.3, 0.4) is 0 Å². The lowest BCUT2D eigenvalue weighted by molar-refractivity contribution is -0.144. The molecule has 0 saturated heterocycles. The Morgan fingerprint density at radius 3 is 2.86 bits per heavy atom. The van der Waals surface area contributed by atoms with Gasteiger partial charge in [-0.15, -0.1) is 0 Å². The van der Waals surface area contributed by atoms with Gasteiger partial charge in [0.05, 0.1) is 12.5 Å². The molecule has 76 valence electrons. The molecule has 0 aliphatic rings. The lowest BCUT2D eigenvalue weighted by Crippen LogP contribution is -2.13. The van der Waals surface area contributed by atoms with Crippen LogP contribution in [0, 0.1) is 0 Å². The summed E-state index contributed by atoms with van der Waals surface area (Å²) < 4.78 is 4.89. The van der Waals surface area contributed by atoms with E-state index in [2.05, 4.69) is 4.98 Å². The van der Waals surface area contributed by atoms with Crippen LogP contribution in [0.5, 0.6) is 0 Å². The van der Waals surface area contributed by atoms with E-state index in [-0.39, 0.29) is 11.9 Å². The molecule has 0 amide bonds. The number of rotatable bonds is 3. The molecule has 0 aliphatic carbocycles. The van der Waals surface area contributed by atoms with Crippen LogP contribution < -0.4 is 0 Å². The van der Waals surface area contributed by atoms with Gasteiger partial charge in [0.15, 0.2) is 0 Å². The van der Waals surface area contributed by atoms with E-state index in [9.17, 15) is 4.79 Å². The van der Waals surface area contributed by atoms with Gasteiger partial charge in [0, 0.05) is 6.20 Å². The Morgan fingerprint density at radius 1 is 1.64 bits per heavy atom. The van der Waals surface area contributed by atoms with E-state index < -0.39 is 0 Å². The first-order valence-electron chi connectivity index (χ1n) is 4.43. The molecule has 0 fully saturated rings. The van der Waals surface area contributed by atoms with Crippen molar-refractivity contribution in [2.75, 3.05) is 6.61 Å². The zero-order chi connectivity index (χ0) is 10.6. The van der Waals surface area contributed by atoms with Crippen molar-refractivity contribution in [1.29, 1.82) is 0 Å². The maximum atomic E-state index is 11.3. The summed E-state index contributed by atoms with van der Waals surface area (Å²) in [5.74, 6) is -0.531. The third-order valence-corrected chi connectivity index (χ3v) is 2.11. The minimum Gasteiger partial charge on any atom is -0.466 e.